The monoisotopic (exact) mass is 273 g/mol. The predicted molar refractivity (Wildman–Crippen MR) is 83.1 cm³/mol. The third-order valence-electron chi connectivity index (χ3n) is 5.50. The molecule has 0 spiro atoms. The molecule has 110 valence electrons. The highest BCUT2D eigenvalue weighted by Crippen LogP contribution is 2.46. The minimum Gasteiger partial charge on any atom is -0.493 e. The molecule has 1 aromatic rings. The number of ether oxygens (including phenoxy) is 1. The summed E-state index contributed by atoms with van der Waals surface area (Å²) in [5.74, 6) is 2.47. The van der Waals surface area contributed by atoms with Crippen molar-refractivity contribution in [3.63, 3.8) is 0 Å². The number of para-hydroxylation sites is 1. The van der Waals surface area contributed by atoms with Gasteiger partial charge in [-0.1, -0.05) is 45.4 Å². The molecule has 0 amide bonds. The molecule has 1 aromatic carbocycles. The zero-order valence-corrected chi connectivity index (χ0v) is 13.0. The molecule has 3 unspecified atom stereocenters. The summed E-state index contributed by atoms with van der Waals surface area (Å²) in [4.78, 5) is 0. The number of nitrogens with two attached hydrogens (primary N) is 1. The van der Waals surface area contributed by atoms with E-state index in [4.69, 9.17) is 10.5 Å². The summed E-state index contributed by atoms with van der Waals surface area (Å²) in [5.41, 5.74) is 9.32. The van der Waals surface area contributed by atoms with Crippen molar-refractivity contribution < 1.29 is 4.74 Å². The molecule has 0 aromatic heterocycles. The maximum absolute atomic E-state index is 6.50. The van der Waals surface area contributed by atoms with Gasteiger partial charge in [-0.2, -0.15) is 0 Å². The Kier molecular flexibility index (Phi) is 3.53. The zero-order chi connectivity index (χ0) is 14.3. The first-order chi connectivity index (χ1) is 9.50. The highest BCUT2D eigenvalue weighted by Gasteiger charge is 2.40. The lowest BCUT2D eigenvalue weighted by Crippen LogP contribution is -2.45. The molecule has 2 N–H and O–H groups in total. The third kappa shape index (κ3) is 2.24. The Morgan fingerprint density at radius 1 is 1.25 bits per heavy atom. The van der Waals surface area contributed by atoms with Crippen molar-refractivity contribution in [2.75, 3.05) is 6.61 Å². The average molecular weight is 273 g/mol. The number of hydrogen-bond donors (Lipinski definition) is 1. The fourth-order valence-electron chi connectivity index (χ4n) is 4.24. The molecule has 2 nitrogen and oxygen atoms in total. The first kappa shape index (κ1) is 13.9. The summed E-state index contributed by atoms with van der Waals surface area (Å²) < 4.78 is 5.92. The molecule has 1 heterocycles. The number of hydrogen-bond acceptors (Lipinski definition) is 2. The maximum Gasteiger partial charge on any atom is 0.126 e. The Morgan fingerprint density at radius 3 is 2.80 bits per heavy atom. The molecule has 3 rings (SSSR count). The Morgan fingerprint density at radius 2 is 2.05 bits per heavy atom. The van der Waals surface area contributed by atoms with Gasteiger partial charge in [-0.3, -0.25) is 0 Å². The van der Waals surface area contributed by atoms with Crippen molar-refractivity contribution in [2.24, 2.45) is 17.6 Å². The van der Waals surface area contributed by atoms with Crippen LogP contribution < -0.4 is 10.5 Å². The van der Waals surface area contributed by atoms with Gasteiger partial charge < -0.3 is 10.5 Å². The summed E-state index contributed by atoms with van der Waals surface area (Å²) in [6.45, 7) is 7.86. The summed E-state index contributed by atoms with van der Waals surface area (Å²) in [6, 6.07) is 6.94. The van der Waals surface area contributed by atoms with Crippen LogP contribution in [0.5, 0.6) is 5.75 Å². The second kappa shape index (κ2) is 5.07. The van der Waals surface area contributed by atoms with Crippen LogP contribution in [0.2, 0.25) is 0 Å². The van der Waals surface area contributed by atoms with E-state index in [1.165, 1.54) is 24.0 Å². The lowest BCUT2D eigenvalue weighted by molar-refractivity contribution is 0.168. The van der Waals surface area contributed by atoms with Crippen LogP contribution in [0.3, 0.4) is 0 Å². The van der Waals surface area contributed by atoms with Crippen LogP contribution in [-0.4, -0.2) is 12.6 Å². The fourth-order valence-corrected chi connectivity index (χ4v) is 4.24. The van der Waals surface area contributed by atoms with Gasteiger partial charge in [0, 0.05) is 18.0 Å². The van der Waals surface area contributed by atoms with Crippen LogP contribution in [0.15, 0.2) is 18.2 Å². The normalized spacial score (nSPS) is 29.9. The van der Waals surface area contributed by atoms with Crippen molar-refractivity contribution in [1.29, 1.82) is 0 Å². The molecular weight excluding hydrogens is 246 g/mol. The molecule has 1 aliphatic heterocycles. The minimum atomic E-state index is 0.0925. The summed E-state index contributed by atoms with van der Waals surface area (Å²) in [5, 5.41) is 0. The molecule has 0 saturated heterocycles. The van der Waals surface area contributed by atoms with Crippen molar-refractivity contribution in [2.45, 2.75) is 57.9 Å². The van der Waals surface area contributed by atoms with E-state index >= 15 is 0 Å². The molecule has 1 saturated carbocycles. The topological polar surface area (TPSA) is 35.2 Å². The van der Waals surface area contributed by atoms with Gasteiger partial charge in [0.1, 0.15) is 5.75 Å². The van der Waals surface area contributed by atoms with Gasteiger partial charge in [0.05, 0.1) is 6.61 Å². The molecule has 2 aliphatic rings. The van der Waals surface area contributed by atoms with Crippen LogP contribution >= 0.6 is 0 Å². The molecule has 1 fully saturated rings. The maximum atomic E-state index is 6.50. The smallest absolute Gasteiger partial charge is 0.126 e. The van der Waals surface area contributed by atoms with Crippen molar-refractivity contribution in [1.82, 2.24) is 0 Å². The Bertz CT molecular complexity index is 494. The average Bonchev–Trinajstić information content (AvgIpc) is 2.85. The Labute approximate surface area is 122 Å². The van der Waals surface area contributed by atoms with Gasteiger partial charge in [-0.25, -0.2) is 0 Å². The van der Waals surface area contributed by atoms with Crippen molar-refractivity contribution in [3.05, 3.63) is 29.3 Å². The highest BCUT2D eigenvalue weighted by molar-refractivity contribution is 5.48. The molecule has 2 heteroatoms. The van der Waals surface area contributed by atoms with Crippen LogP contribution in [-0.2, 0) is 11.8 Å². The van der Waals surface area contributed by atoms with Gasteiger partial charge in [0.2, 0.25) is 0 Å². The summed E-state index contributed by atoms with van der Waals surface area (Å²) in [6.07, 6.45) is 4.74. The van der Waals surface area contributed by atoms with E-state index in [1.54, 1.807) is 0 Å². The summed E-state index contributed by atoms with van der Waals surface area (Å²) >= 11 is 0. The van der Waals surface area contributed by atoms with Gasteiger partial charge in [0.25, 0.3) is 0 Å². The van der Waals surface area contributed by atoms with Gasteiger partial charge >= 0.3 is 0 Å². The van der Waals surface area contributed by atoms with Crippen LogP contribution in [0, 0.1) is 11.8 Å². The van der Waals surface area contributed by atoms with Gasteiger partial charge in [-0.15, -0.1) is 0 Å². The first-order valence-electron chi connectivity index (χ1n) is 8.01. The van der Waals surface area contributed by atoms with E-state index in [0.29, 0.717) is 12.0 Å². The Balaban J connectivity index is 1.94. The molecule has 0 radical (unpaired) electrons. The van der Waals surface area contributed by atoms with Crippen LogP contribution in [0.1, 0.15) is 51.2 Å². The molecule has 0 bridgehead atoms. The van der Waals surface area contributed by atoms with Crippen LogP contribution in [0.25, 0.3) is 0 Å². The predicted octanol–water partition coefficient (Wildman–Crippen LogP) is 3.66. The van der Waals surface area contributed by atoms with Crippen molar-refractivity contribution >= 4 is 0 Å². The lowest BCUT2D eigenvalue weighted by atomic mass is 9.63. The zero-order valence-electron chi connectivity index (χ0n) is 13.0. The largest absolute Gasteiger partial charge is 0.493 e. The lowest BCUT2D eigenvalue weighted by Gasteiger charge is -2.43. The summed E-state index contributed by atoms with van der Waals surface area (Å²) in [7, 11) is 0. The van der Waals surface area contributed by atoms with E-state index in [9.17, 15) is 0 Å². The van der Waals surface area contributed by atoms with Crippen LogP contribution in [0.4, 0.5) is 0 Å². The first-order valence-corrected chi connectivity index (χ1v) is 8.01. The van der Waals surface area contributed by atoms with Crippen molar-refractivity contribution in [3.8, 4) is 5.75 Å². The fraction of sp³-hybridized carbons (Fsp3) is 0.667. The molecule has 20 heavy (non-hydrogen) atoms. The van der Waals surface area contributed by atoms with E-state index in [2.05, 4.69) is 39.0 Å². The second-order valence-corrected chi connectivity index (χ2v) is 7.30. The SMILES string of the molecule is CC1CCC(C(C)(C)c2cccc3c2OCC3)C(N)C1. The molecule has 1 aliphatic carbocycles. The number of benzene rings is 1. The molecule has 3 atom stereocenters. The van der Waals surface area contributed by atoms with Gasteiger partial charge in [-0.05, 0) is 35.7 Å². The van der Waals surface area contributed by atoms with Gasteiger partial charge in [0.15, 0.2) is 0 Å². The van der Waals surface area contributed by atoms with E-state index < -0.39 is 0 Å². The van der Waals surface area contributed by atoms with E-state index in [-0.39, 0.29) is 5.41 Å². The third-order valence-corrected chi connectivity index (χ3v) is 5.50. The standard InChI is InChI=1S/C18H27NO/c1-12-7-8-14(16(19)11-12)18(2,3)15-6-4-5-13-9-10-20-17(13)15/h4-6,12,14,16H,7-11,19H2,1-3H3. The number of rotatable bonds is 2. The molecular formula is C18H27NO. The Hall–Kier alpha value is -1.02. The highest BCUT2D eigenvalue weighted by atomic mass is 16.5. The quantitative estimate of drug-likeness (QED) is 0.892. The van der Waals surface area contributed by atoms with E-state index in [0.717, 1.165) is 31.1 Å². The van der Waals surface area contributed by atoms with E-state index in [1.807, 2.05) is 0 Å². The number of fused-ring (bicyclic) bond motifs is 1. The second-order valence-electron chi connectivity index (χ2n) is 7.30. The minimum absolute atomic E-state index is 0.0925.